The fraction of sp³-hybridized carbons (Fsp3) is 0.588. The Morgan fingerprint density at radius 2 is 1.90 bits per heavy atom. The van der Waals surface area contributed by atoms with Crippen molar-refractivity contribution in [3.8, 4) is 0 Å². The van der Waals surface area contributed by atoms with Crippen LogP contribution in [0.2, 0.25) is 5.02 Å². The van der Waals surface area contributed by atoms with E-state index in [9.17, 15) is 4.79 Å². The molecule has 2 rings (SSSR count). The Bertz CT molecular complexity index is 474. The molecule has 20 heavy (non-hydrogen) atoms. The smallest absolute Gasteiger partial charge is 0.178 e. The topological polar surface area (TPSA) is 20.3 Å². The lowest BCUT2D eigenvalue weighted by Gasteiger charge is -2.38. The molecule has 1 aromatic carbocycles. The first-order valence-corrected chi connectivity index (χ1v) is 7.75. The Balaban J connectivity index is 1.93. The van der Waals surface area contributed by atoms with Gasteiger partial charge in [-0.3, -0.25) is 9.69 Å². The molecule has 2 nitrogen and oxygen atoms in total. The van der Waals surface area contributed by atoms with Gasteiger partial charge in [0, 0.05) is 11.6 Å². The fourth-order valence-electron chi connectivity index (χ4n) is 2.95. The summed E-state index contributed by atoms with van der Waals surface area (Å²) in [6, 6.07) is 7.82. The number of halogens is 1. The Labute approximate surface area is 127 Å². The van der Waals surface area contributed by atoms with Gasteiger partial charge in [-0.15, -0.1) is 0 Å². The summed E-state index contributed by atoms with van der Waals surface area (Å²) in [5, 5.41) is 0.552. The number of benzene rings is 1. The predicted molar refractivity (Wildman–Crippen MR) is 84.4 cm³/mol. The lowest BCUT2D eigenvalue weighted by Crippen LogP contribution is -2.39. The van der Waals surface area contributed by atoms with Crippen LogP contribution in [0.25, 0.3) is 0 Å². The second kappa shape index (κ2) is 6.28. The highest BCUT2D eigenvalue weighted by Gasteiger charge is 2.29. The van der Waals surface area contributed by atoms with E-state index >= 15 is 0 Å². The molecule has 3 heteroatoms. The van der Waals surface area contributed by atoms with Crippen LogP contribution in [0.5, 0.6) is 0 Å². The maximum atomic E-state index is 12.3. The fourth-order valence-corrected chi connectivity index (χ4v) is 3.19. The molecule has 1 aromatic rings. The van der Waals surface area contributed by atoms with Crippen molar-refractivity contribution >= 4 is 17.4 Å². The maximum absolute atomic E-state index is 12.3. The number of rotatable bonds is 4. The van der Waals surface area contributed by atoms with E-state index in [1.165, 1.54) is 25.7 Å². The molecule has 0 bridgehead atoms. The number of nitrogens with zero attached hydrogens (tertiary/aromatic N) is 1. The SMILES string of the molecule is CN(CC(=O)c1ccccc1Cl)C1CCC(C)(C)CC1. The normalized spacial score (nSPS) is 19.2. The van der Waals surface area contributed by atoms with Crippen molar-refractivity contribution in [1.82, 2.24) is 4.90 Å². The lowest BCUT2D eigenvalue weighted by atomic mass is 9.75. The minimum Gasteiger partial charge on any atom is -0.296 e. The van der Waals surface area contributed by atoms with Crippen LogP contribution in [0.1, 0.15) is 49.9 Å². The van der Waals surface area contributed by atoms with Crippen molar-refractivity contribution in [2.75, 3.05) is 13.6 Å². The molecular weight excluding hydrogens is 270 g/mol. The zero-order valence-corrected chi connectivity index (χ0v) is 13.4. The van der Waals surface area contributed by atoms with Crippen molar-refractivity contribution in [2.45, 2.75) is 45.6 Å². The minimum atomic E-state index is 0.114. The summed E-state index contributed by atoms with van der Waals surface area (Å²) in [6.07, 6.45) is 4.84. The van der Waals surface area contributed by atoms with Gasteiger partial charge in [0.05, 0.1) is 11.6 Å². The second-order valence-electron chi connectivity index (χ2n) is 6.71. The summed E-state index contributed by atoms with van der Waals surface area (Å²) in [5.74, 6) is 0.114. The Morgan fingerprint density at radius 3 is 2.50 bits per heavy atom. The van der Waals surface area contributed by atoms with Crippen molar-refractivity contribution < 1.29 is 4.79 Å². The van der Waals surface area contributed by atoms with Gasteiger partial charge in [-0.05, 0) is 50.3 Å². The Hall–Kier alpha value is -0.860. The summed E-state index contributed by atoms with van der Waals surface area (Å²) in [5.41, 5.74) is 1.10. The van der Waals surface area contributed by atoms with Crippen LogP contribution in [0.15, 0.2) is 24.3 Å². The molecule has 0 atom stereocenters. The van der Waals surface area contributed by atoms with Gasteiger partial charge >= 0.3 is 0 Å². The highest BCUT2D eigenvalue weighted by atomic mass is 35.5. The van der Waals surface area contributed by atoms with Crippen molar-refractivity contribution in [3.05, 3.63) is 34.9 Å². The molecule has 1 aliphatic carbocycles. The molecule has 1 aliphatic rings. The summed E-state index contributed by atoms with van der Waals surface area (Å²) >= 11 is 6.09. The number of Topliss-reactive ketones (excluding diaryl/α,β-unsaturated/α-hetero) is 1. The molecule has 0 unspecified atom stereocenters. The van der Waals surface area contributed by atoms with Gasteiger partial charge in [-0.1, -0.05) is 37.6 Å². The van der Waals surface area contributed by atoms with E-state index in [1.54, 1.807) is 6.07 Å². The summed E-state index contributed by atoms with van der Waals surface area (Å²) in [7, 11) is 2.05. The van der Waals surface area contributed by atoms with Crippen molar-refractivity contribution in [2.24, 2.45) is 5.41 Å². The number of hydrogen-bond donors (Lipinski definition) is 0. The second-order valence-corrected chi connectivity index (χ2v) is 7.12. The number of ketones is 1. The Morgan fingerprint density at radius 1 is 1.30 bits per heavy atom. The van der Waals surface area contributed by atoms with Gasteiger partial charge in [0.1, 0.15) is 0 Å². The van der Waals surface area contributed by atoms with Gasteiger partial charge in [0.25, 0.3) is 0 Å². The van der Waals surface area contributed by atoms with Crippen LogP contribution in [0.3, 0.4) is 0 Å². The van der Waals surface area contributed by atoms with Crippen LogP contribution < -0.4 is 0 Å². The molecule has 0 aromatic heterocycles. The molecule has 0 aliphatic heterocycles. The van der Waals surface area contributed by atoms with E-state index in [0.29, 0.717) is 28.6 Å². The van der Waals surface area contributed by atoms with E-state index in [-0.39, 0.29) is 5.78 Å². The van der Waals surface area contributed by atoms with Crippen LogP contribution in [-0.4, -0.2) is 30.3 Å². The largest absolute Gasteiger partial charge is 0.296 e. The van der Waals surface area contributed by atoms with Gasteiger partial charge in [-0.2, -0.15) is 0 Å². The molecular formula is C17H24ClNO. The zero-order valence-electron chi connectivity index (χ0n) is 12.7. The number of carbonyl (C=O) groups is 1. The van der Waals surface area contributed by atoms with Gasteiger partial charge in [0.15, 0.2) is 5.78 Å². The van der Waals surface area contributed by atoms with Crippen molar-refractivity contribution in [3.63, 3.8) is 0 Å². The average molecular weight is 294 g/mol. The monoisotopic (exact) mass is 293 g/mol. The molecule has 0 spiro atoms. The third-order valence-electron chi connectivity index (χ3n) is 4.50. The van der Waals surface area contributed by atoms with Crippen molar-refractivity contribution in [1.29, 1.82) is 0 Å². The van der Waals surface area contributed by atoms with Gasteiger partial charge in [-0.25, -0.2) is 0 Å². The van der Waals surface area contributed by atoms with Crippen LogP contribution in [0.4, 0.5) is 0 Å². The number of likely N-dealkylation sites (N-methyl/N-ethyl adjacent to an activating group) is 1. The first-order valence-electron chi connectivity index (χ1n) is 7.37. The highest BCUT2D eigenvalue weighted by molar-refractivity contribution is 6.34. The summed E-state index contributed by atoms with van der Waals surface area (Å²) < 4.78 is 0. The molecule has 1 fully saturated rings. The molecule has 0 amide bonds. The van der Waals surface area contributed by atoms with E-state index in [4.69, 9.17) is 11.6 Å². The third-order valence-corrected chi connectivity index (χ3v) is 4.83. The van der Waals surface area contributed by atoms with Crippen LogP contribution in [-0.2, 0) is 0 Å². The van der Waals surface area contributed by atoms with E-state index < -0.39 is 0 Å². The number of hydrogen-bond acceptors (Lipinski definition) is 2. The minimum absolute atomic E-state index is 0.114. The first-order chi connectivity index (χ1) is 9.39. The molecule has 0 saturated heterocycles. The molecule has 1 saturated carbocycles. The summed E-state index contributed by atoms with van der Waals surface area (Å²) in [6.45, 7) is 5.12. The molecule has 0 N–H and O–H groups in total. The highest BCUT2D eigenvalue weighted by Crippen LogP contribution is 2.36. The van der Waals surface area contributed by atoms with E-state index in [0.717, 1.165) is 0 Å². The van der Waals surface area contributed by atoms with Crippen LogP contribution >= 0.6 is 11.6 Å². The zero-order chi connectivity index (χ0) is 14.8. The molecule has 110 valence electrons. The van der Waals surface area contributed by atoms with Crippen LogP contribution in [0, 0.1) is 5.41 Å². The predicted octanol–water partition coefficient (Wildman–Crippen LogP) is 4.42. The standard InChI is InChI=1S/C17H24ClNO/c1-17(2)10-8-13(9-11-17)19(3)12-16(20)14-6-4-5-7-15(14)18/h4-7,13H,8-12H2,1-3H3. The quantitative estimate of drug-likeness (QED) is 0.766. The number of carbonyl (C=O) groups excluding carboxylic acids is 1. The Kier molecular flexibility index (Phi) is 4.87. The van der Waals surface area contributed by atoms with E-state index in [1.807, 2.05) is 18.2 Å². The summed E-state index contributed by atoms with van der Waals surface area (Å²) in [4.78, 5) is 14.5. The third kappa shape index (κ3) is 3.83. The molecule has 0 radical (unpaired) electrons. The first kappa shape index (κ1) is 15.5. The lowest BCUT2D eigenvalue weighted by molar-refractivity contribution is 0.0851. The van der Waals surface area contributed by atoms with E-state index in [2.05, 4.69) is 25.8 Å². The molecule has 0 heterocycles. The van der Waals surface area contributed by atoms with Gasteiger partial charge in [0.2, 0.25) is 0 Å². The maximum Gasteiger partial charge on any atom is 0.178 e. The average Bonchev–Trinajstić information content (AvgIpc) is 2.38. The van der Waals surface area contributed by atoms with Gasteiger partial charge < -0.3 is 0 Å².